The van der Waals surface area contributed by atoms with Crippen LogP contribution in [0.2, 0.25) is 0 Å². The molecule has 0 bridgehead atoms. The minimum Gasteiger partial charge on any atom is -0.508 e. The molecule has 0 saturated carbocycles. The Morgan fingerprint density at radius 3 is 2.59 bits per heavy atom. The van der Waals surface area contributed by atoms with Gasteiger partial charge in [-0.3, -0.25) is 0 Å². The van der Waals surface area contributed by atoms with Crippen molar-refractivity contribution in [3.63, 3.8) is 0 Å². The molecule has 1 aliphatic rings. The number of phenols is 1. The van der Waals surface area contributed by atoms with Gasteiger partial charge in [0, 0.05) is 5.69 Å². The first-order valence-corrected chi connectivity index (χ1v) is 7.17. The number of aromatic hydroxyl groups is 1. The quantitative estimate of drug-likeness (QED) is 0.413. The number of phenolic OH excluding ortho intramolecular Hbond substituents is 1. The second kappa shape index (κ2) is 7.49. The van der Waals surface area contributed by atoms with Crippen molar-refractivity contribution < 1.29 is 5.11 Å². The molecule has 0 spiro atoms. The lowest BCUT2D eigenvalue weighted by atomic mass is 10.1. The molecule has 22 heavy (non-hydrogen) atoms. The predicted molar refractivity (Wildman–Crippen MR) is 101 cm³/mol. The summed E-state index contributed by atoms with van der Waals surface area (Å²) in [7, 11) is 0. The number of hydrogen-bond donors (Lipinski definition) is 3. The average molecular weight is 409 g/mol. The van der Waals surface area contributed by atoms with Gasteiger partial charge < -0.3 is 16.2 Å². The van der Waals surface area contributed by atoms with Gasteiger partial charge in [0.25, 0.3) is 0 Å². The molecule has 0 amide bonds. The third kappa shape index (κ3) is 4.13. The van der Waals surface area contributed by atoms with Gasteiger partial charge in [-0.25, -0.2) is 4.99 Å². The molecule has 4 N–H and O–H groups in total. The molecule has 0 aromatic heterocycles. The molecule has 0 heterocycles. The molecular weight excluding hydrogens is 389 g/mol. The van der Waals surface area contributed by atoms with Gasteiger partial charge in [0.15, 0.2) is 5.96 Å². The van der Waals surface area contributed by atoms with Crippen LogP contribution in [-0.4, -0.2) is 11.1 Å². The van der Waals surface area contributed by atoms with Gasteiger partial charge in [-0.15, -0.1) is 24.0 Å². The van der Waals surface area contributed by atoms with Crippen molar-refractivity contribution >= 4 is 35.6 Å². The molecule has 1 aliphatic carbocycles. The maximum absolute atomic E-state index is 9.23. The largest absolute Gasteiger partial charge is 0.508 e. The Morgan fingerprint density at radius 2 is 1.82 bits per heavy atom. The lowest BCUT2D eigenvalue weighted by Gasteiger charge is -2.08. The molecule has 3 rings (SSSR count). The van der Waals surface area contributed by atoms with Crippen LogP contribution in [-0.2, 0) is 19.4 Å². The molecule has 116 valence electrons. The van der Waals surface area contributed by atoms with Gasteiger partial charge in [-0.2, -0.15) is 0 Å². The Balaban J connectivity index is 0.00000176. The van der Waals surface area contributed by atoms with Crippen molar-refractivity contribution in [2.24, 2.45) is 10.7 Å². The number of anilines is 1. The van der Waals surface area contributed by atoms with Crippen molar-refractivity contribution in [3.8, 4) is 5.75 Å². The van der Waals surface area contributed by atoms with Crippen LogP contribution in [0.1, 0.15) is 23.1 Å². The van der Waals surface area contributed by atoms with Crippen LogP contribution in [0.15, 0.2) is 47.5 Å². The van der Waals surface area contributed by atoms with Gasteiger partial charge in [0.1, 0.15) is 5.75 Å². The second-order valence-electron chi connectivity index (χ2n) is 5.33. The fourth-order valence-electron chi connectivity index (χ4n) is 2.61. The Bertz CT molecular complexity index is 668. The molecule has 0 saturated heterocycles. The summed E-state index contributed by atoms with van der Waals surface area (Å²) in [4.78, 5) is 4.31. The zero-order valence-electron chi connectivity index (χ0n) is 12.2. The molecule has 4 nitrogen and oxygen atoms in total. The highest BCUT2D eigenvalue weighted by molar-refractivity contribution is 14.0. The number of aliphatic imine (C=N–C) groups is 1. The maximum Gasteiger partial charge on any atom is 0.193 e. The average Bonchev–Trinajstić information content (AvgIpc) is 2.94. The number of nitrogens with one attached hydrogen (secondary N) is 1. The lowest BCUT2D eigenvalue weighted by molar-refractivity contribution is 0.475. The fraction of sp³-hybridized carbons (Fsp3) is 0.235. The van der Waals surface area contributed by atoms with E-state index in [0.717, 1.165) is 17.7 Å². The van der Waals surface area contributed by atoms with E-state index in [2.05, 4.69) is 22.4 Å². The molecule has 5 heteroatoms. The number of aryl methyl sites for hydroxylation is 2. The van der Waals surface area contributed by atoms with Crippen LogP contribution in [0.25, 0.3) is 0 Å². The van der Waals surface area contributed by atoms with E-state index in [1.54, 1.807) is 12.1 Å². The summed E-state index contributed by atoms with van der Waals surface area (Å²) in [6.07, 6.45) is 3.57. The topological polar surface area (TPSA) is 70.6 Å². The Labute approximate surface area is 147 Å². The van der Waals surface area contributed by atoms with Crippen LogP contribution in [0, 0.1) is 0 Å². The monoisotopic (exact) mass is 409 g/mol. The van der Waals surface area contributed by atoms with Crippen molar-refractivity contribution in [2.45, 2.75) is 25.8 Å². The van der Waals surface area contributed by atoms with E-state index < -0.39 is 0 Å². The third-order valence-electron chi connectivity index (χ3n) is 3.74. The van der Waals surface area contributed by atoms with Gasteiger partial charge in [0.05, 0.1) is 6.54 Å². The van der Waals surface area contributed by atoms with E-state index in [1.165, 1.54) is 24.0 Å². The summed E-state index contributed by atoms with van der Waals surface area (Å²) in [5, 5.41) is 12.4. The molecule has 0 radical (unpaired) electrons. The molecule has 0 fully saturated rings. The first-order chi connectivity index (χ1) is 10.2. The number of halogens is 1. The zero-order chi connectivity index (χ0) is 14.7. The van der Waals surface area contributed by atoms with Crippen LogP contribution in [0.4, 0.5) is 5.69 Å². The van der Waals surface area contributed by atoms with Crippen molar-refractivity contribution in [1.29, 1.82) is 0 Å². The highest BCUT2D eigenvalue weighted by atomic mass is 127. The van der Waals surface area contributed by atoms with Crippen molar-refractivity contribution in [2.75, 3.05) is 5.32 Å². The zero-order valence-corrected chi connectivity index (χ0v) is 14.6. The van der Waals surface area contributed by atoms with E-state index in [9.17, 15) is 5.11 Å². The second-order valence-corrected chi connectivity index (χ2v) is 5.33. The van der Waals surface area contributed by atoms with E-state index in [-0.39, 0.29) is 29.7 Å². The number of nitrogens with zero attached hydrogens (tertiary/aromatic N) is 1. The van der Waals surface area contributed by atoms with E-state index >= 15 is 0 Å². The summed E-state index contributed by atoms with van der Waals surface area (Å²) >= 11 is 0. The highest BCUT2D eigenvalue weighted by Crippen LogP contribution is 2.24. The minimum atomic E-state index is 0. The van der Waals surface area contributed by atoms with Crippen molar-refractivity contribution in [1.82, 2.24) is 0 Å². The van der Waals surface area contributed by atoms with Crippen LogP contribution in [0.5, 0.6) is 5.75 Å². The minimum absolute atomic E-state index is 0. The normalized spacial score (nSPS) is 13.4. The smallest absolute Gasteiger partial charge is 0.193 e. The molecule has 0 atom stereocenters. The maximum atomic E-state index is 9.23. The standard InChI is InChI=1S/C17H19N3O.HI/c18-17(19-11-12-4-8-16(21)9-5-12)20-15-7-6-13-2-1-3-14(13)10-15;/h4-10,21H,1-3,11H2,(H3,18,19,20);1H. The summed E-state index contributed by atoms with van der Waals surface area (Å²) in [5.74, 6) is 0.660. The summed E-state index contributed by atoms with van der Waals surface area (Å²) < 4.78 is 0. The highest BCUT2D eigenvalue weighted by Gasteiger charge is 2.10. The number of fused-ring (bicyclic) bond motifs is 1. The number of guanidine groups is 1. The van der Waals surface area contributed by atoms with Gasteiger partial charge >= 0.3 is 0 Å². The molecule has 2 aromatic carbocycles. The van der Waals surface area contributed by atoms with E-state index in [4.69, 9.17) is 5.73 Å². The summed E-state index contributed by atoms with van der Waals surface area (Å²) in [6, 6.07) is 13.3. The van der Waals surface area contributed by atoms with Gasteiger partial charge in [0.2, 0.25) is 0 Å². The molecular formula is C17H20IN3O. The van der Waals surface area contributed by atoms with Crippen molar-refractivity contribution in [3.05, 3.63) is 59.2 Å². The van der Waals surface area contributed by atoms with Crippen LogP contribution >= 0.6 is 24.0 Å². The van der Waals surface area contributed by atoms with Gasteiger partial charge in [-0.1, -0.05) is 18.2 Å². The molecule has 0 unspecified atom stereocenters. The SMILES string of the molecule is I.NC(=NCc1ccc(O)cc1)Nc1ccc2c(c1)CCC2. The first-order valence-electron chi connectivity index (χ1n) is 7.17. The number of hydrogen-bond acceptors (Lipinski definition) is 2. The van der Waals surface area contributed by atoms with E-state index in [1.807, 2.05) is 18.2 Å². The van der Waals surface area contributed by atoms with Crippen LogP contribution < -0.4 is 11.1 Å². The van der Waals surface area contributed by atoms with Crippen LogP contribution in [0.3, 0.4) is 0 Å². The number of rotatable bonds is 3. The molecule has 2 aromatic rings. The summed E-state index contributed by atoms with van der Waals surface area (Å²) in [5.41, 5.74) is 10.8. The molecule has 0 aliphatic heterocycles. The van der Waals surface area contributed by atoms with Gasteiger partial charge in [-0.05, 0) is 60.2 Å². The summed E-state index contributed by atoms with van der Waals surface area (Å²) in [6.45, 7) is 0.490. The Hall–Kier alpha value is -1.76. The Morgan fingerprint density at radius 1 is 1.09 bits per heavy atom. The predicted octanol–water partition coefficient (Wildman–Crippen LogP) is 3.43. The number of benzene rings is 2. The first kappa shape index (κ1) is 16.6. The fourth-order valence-corrected chi connectivity index (χ4v) is 2.61. The third-order valence-corrected chi connectivity index (χ3v) is 3.74. The van der Waals surface area contributed by atoms with E-state index in [0.29, 0.717) is 12.5 Å². The lowest BCUT2D eigenvalue weighted by Crippen LogP contribution is -2.22. The Kier molecular flexibility index (Phi) is 5.65. The number of nitrogens with two attached hydrogens (primary N) is 1.